The van der Waals surface area contributed by atoms with Crippen LogP contribution in [0.25, 0.3) is 0 Å². The second-order valence-corrected chi connectivity index (χ2v) is 5.38. The van der Waals surface area contributed by atoms with Crippen molar-refractivity contribution in [2.75, 3.05) is 10.6 Å². The van der Waals surface area contributed by atoms with Crippen molar-refractivity contribution in [3.8, 4) is 0 Å². The molecule has 0 unspecified atom stereocenters. The first-order valence-corrected chi connectivity index (χ1v) is 7.00. The van der Waals surface area contributed by atoms with Gasteiger partial charge in [-0.2, -0.15) is 0 Å². The van der Waals surface area contributed by atoms with Crippen LogP contribution in [0.1, 0.15) is 12.5 Å². The van der Waals surface area contributed by atoms with Crippen molar-refractivity contribution in [2.24, 2.45) is 0 Å². The fourth-order valence-corrected chi connectivity index (χ4v) is 2.21. The predicted octanol–water partition coefficient (Wildman–Crippen LogP) is 4.30. The van der Waals surface area contributed by atoms with Gasteiger partial charge < -0.3 is 10.6 Å². The van der Waals surface area contributed by atoms with Gasteiger partial charge in [0, 0.05) is 29.2 Å². The van der Waals surface area contributed by atoms with Gasteiger partial charge in [0.25, 0.3) is 0 Å². The van der Waals surface area contributed by atoms with Crippen LogP contribution in [0.2, 0.25) is 0 Å². The lowest BCUT2D eigenvalue weighted by Crippen LogP contribution is -2.08. The Morgan fingerprint density at radius 1 is 1.14 bits per heavy atom. The highest BCUT2D eigenvalue weighted by Crippen LogP contribution is 2.21. The summed E-state index contributed by atoms with van der Waals surface area (Å²) >= 11 is 3.28. The molecule has 21 heavy (non-hydrogen) atoms. The average molecular weight is 355 g/mol. The molecule has 0 saturated heterocycles. The molecular formula is C15H13BrF2N2O. The van der Waals surface area contributed by atoms with Crippen molar-refractivity contribution in [3.05, 3.63) is 58.1 Å². The van der Waals surface area contributed by atoms with Crippen LogP contribution in [0.4, 0.5) is 20.2 Å². The highest BCUT2D eigenvalue weighted by Gasteiger charge is 2.07. The summed E-state index contributed by atoms with van der Waals surface area (Å²) in [6.07, 6.45) is 0. The molecule has 1 amide bonds. The van der Waals surface area contributed by atoms with Gasteiger partial charge in [0.1, 0.15) is 11.6 Å². The van der Waals surface area contributed by atoms with Gasteiger partial charge >= 0.3 is 0 Å². The Morgan fingerprint density at radius 3 is 2.57 bits per heavy atom. The van der Waals surface area contributed by atoms with E-state index in [9.17, 15) is 13.6 Å². The molecule has 0 aliphatic rings. The van der Waals surface area contributed by atoms with Crippen LogP contribution in [0, 0.1) is 11.6 Å². The van der Waals surface area contributed by atoms with Gasteiger partial charge in [0.2, 0.25) is 5.91 Å². The normalized spacial score (nSPS) is 10.3. The second kappa shape index (κ2) is 6.67. The minimum absolute atomic E-state index is 0.0854. The molecule has 3 nitrogen and oxygen atoms in total. The fraction of sp³-hybridized carbons (Fsp3) is 0.133. The summed E-state index contributed by atoms with van der Waals surface area (Å²) in [4.78, 5) is 11.0. The smallest absolute Gasteiger partial charge is 0.221 e. The Balaban J connectivity index is 2.13. The summed E-state index contributed by atoms with van der Waals surface area (Å²) in [6.45, 7) is 1.55. The van der Waals surface area contributed by atoms with Crippen LogP contribution in [-0.2, 0) is 11.3 Å². The third kappa shape index (κ3) is 4.26. The molecular weight excluding hydrogens is 342 g/mol. The van der Waals surface area contributed by atoms with Gasteiger partial charge in [-0.1, -0.05) is 15.9 Å². The van der Waals surface area contributed by atoms with Crippen LogP contribution in [0.5, 0.6) is 0 Å². The summed E-state index contributed by atoms with van der Waals surface area (Å²) in [5, 5.41) is 5.39. The van der Waals surface area contributed by atoms with Crippen molar-refractivity contribution >= 4 is 33.2 Å². The number of carbonyl (C=O) groups excluding carboxylic acids is 1. The molecule has 110 valence electrons. The predicted molar refractivity (Wildman–Crippen MR) is 82.1 cm³/mol. The third-order valence-electron chi connectivity index (χ3n) is 2.77. The maximum atomic E-state index is 13.6. The molecule has 0 aliphatic heterocycles. The van der Waals surface area contributed by atoms with E-state index in [2.05, 4.69) is 26.6 Å². The van der Waals surface area contributed by atoms with E-state index in [0.717, 1.165) is 4.47 Å². The molecule has 0 radical (unpaired) electrons. The number of benzene rings is 2. The van der Waals surface area contributed by atoms with Crippen molar-refractivity contribution < 1.29 is 13.6 Å². The summed E-state index contributed by atoms with van der Waals surface area (Å²) < 4.78 is 27.9. The quantitative estimate of drug-likeness (QED) is 0.859. The molecule has 2 N–H and O–H groups in total. The first-order valence-electron chi connectivity index (χ1n) is 6.20. The van der Waals surface area contributed by atoms with E-state index in [0.29, 0.717) is 11.3 Å². The first kappa shape index (κ1) is 15.4. The number of halogens is 3. The highest BCUT2D eigenvalue weighted by molar-refractivity contribution is 9.10. The van der Waals surface area contributed by atoms with Gasteiger partial charge in [-0.15, -0.1) is 0 Å². The molecule has 2 aromatic rings. The summed E-state index contributed by atoms with van der Waals surface area (Å²) in [5.74, 6) is -1.21. The van der Waals surface area contributed by atoms with Crippen LogP contribution < -0.4 is 10.6 Å². The Morgan fingerprint density at radius 2 is 1.86 bits per heavy atom. The Bertz CT molecular complexity index is 677. The van der Waals surface area contributed by atoms with Crippen molar-refractivity contribution in [2.45, 2.75) is 13.5 Å². The molecule has 0 heterocycles. The van der Waals surface area contributed by atoms with Gasteiger partial charge in [-0.05, 0) is 36.4 Å². The molecule has 0 aromatic heterocycles. The van der Waals surface area contributed by atoms with E-state index in [1.165, 1.54) is 31.2 Å². The number of hydrogen-bond donors (Lipinski definition) is 2. The number of amides is 1. The maximum absolute atomic E-state index is 13.6. The molecule has 0 spiro atoms. The van der Waals surface area contributed by atoms with E-state index in [1.807, 2.05) is 0 Å². The zero-order valence-corrected chi connectivity index (χ0v) is 12.8. The zero-order chi connectivity index (χ0) is 15.4. The molecule has 0 aliphatic carbocycles. The minimum Gasteiger partial charge on any atom is -0.381 e. The van der Waals surface area contributed by atoms with E-state index >= 15 is 0 Å². The monoisotopic (exact) mass is 354 g/mol. The molecule has 2 rings (SSSR count). The van der Waals surface area contributed by atoms with E-state index in [4.69, 9.17) is 0 Å². The number of anilines is 2. The molecule has 0 atom stereocenters. The van der Waals surface area contributed by atoms with Crippen LogP contribution in [0.3, 0.4) is 0 Å². The van der Waals surface area contributed by atoms with Crippen LogP contribution in [0.15, 0.2) is 40.9 Å². The number of carbonyl (C=O) groups is 1. The third-order valence-corrected chi connectivity index (χ3v) is 3.26. The van der Waals surface area contributed by atoms with Gasteiger partial charge in [0.15, 0.2) is 0 Å². The lowest BCUT2D eigenvalue weighted by molar-refractivity contribution is -0.114. The molecule has 0 saturated carbocycles. The van der Waals surface area contributed by atoms with Crippen LogP contribution in [-0.4, -0.2) is 5.91 Å². The van der Waals surface area contributed by atoms with E-state index in [1.54, 1.807) is 12.1 Å². The van der Waals surface area contributed by atoms with Gasteiger partial charge in [-0.25, -0.2) is 8.78 Å². The lowest BCUT2D eigenvalue weighted by Gasteiger charge is -2.10. The lowest BCUT2D eigenvalue weighted by atomic mass is 10.2. The zero-order valence-electron chi connectivity index (χ0n) is 11.2. The molecule has 2 aromatic carbocycles. The topological polar surface area (TPSA) is 41.1 Å². The molecule has 6 heteroatoms. The first-order chi connectivity index (χ1) is 9.95. The van der Waals surface area contributed by atoms with E-state index in [-0.39, 0.29) is 24.0 Å². The average Bonchev–Trinajstić information content (AvgIpc) is 2.42. The van der Waals surface area contributed by atoms with E-state index < -0.39 is 5.82 Å². The molecule has 0 fully saturated rings. The summed E-state index contributed by atoms with van der Waals surface area (Å²) in [7, 11) is 0. The largest absolute Gasteiger partial charge is 0.381 e. The number of rotatable bonds is 4. The van der Waals surface area contributed by atoms with Crippen molar-refractivity contribution in [1.29, 1.82) is 0 Å². The Hall–Kier alpha value is -1.95. The molecule has 0 bridgehead atoms. The Labute approximate surface area is 129 Å². The minimum atomic E-state index is -0.524. The fourth-order valence-electron chi connectivity index (χ4n) is 1.80. The number of hydrogen-bond acceptors (Lipinski definition) is 2. The second-order valence-electron chi connectivity index (χ2n) is 4.47. The summed E-state index contributed by atoms with van der Waals surface area (Å²) in [6, 6.07) is 8.88. The highest BCUT2D eigenvalue weighted by atomic mass is 79.9. The van der Waals surface area contributed by atoms with Gasteiger partial charge in [0.05, 0.1) is 5.69 Å². The standard InChI is InChI=1S/C15H13BrF2N2O/c1-9(21)20-15-7-12(3-5-14(15)18)19-8-10-6-11(16)2-4-13(10)17/h2-7,19H,8H2,1H3,(H,20,21). The van der Waals surface area contributed by atoms with Crippen LogP contribution >= 0.6 is 15.9 Å². The Kier molecular flexibility index (Phi) is 4.90. The van der Waals surface area contributed by atoms with Crippen molar-refractivity contribution in [1.82, 2.24) is 0 Å². The SMILES string of the molecule is CC(=O)Nc1cc(NCc2cc(Br)ccc2F)ccc1F. The van der Waals surface area contributed by atoms with Crippen molar-refractivity contribution in [3.63, 3.8) is 0 Å². The maximum Gasteiger partial charge on any atom is 0.221 e. The summed E-state index contributed by atoms with van der Waals surface area (Å²) in [5.41, 5.74) is 1.15. The number of nitrogens with one attached hydrogen (secondary N) is 2. The van der Waals surface area contributed by atoms with Gasteiger partial charge in [-0.3, -0.25) is 4.79 Å².